The third kappa shape index (κ3) is 1.59. The Morgan fingerprint density at radius 3 is 2.62 bits per heavy atom. The molecule has 0 aliphatic heterocycles. The van der Waals surface area contributed by atoms with Gasteiger partial charge in [0.05, 0.1) is 12.2 Å². The van der Waals surface area contributed by atoms with E-state index in [1.54, 1.807) is 6.20 Å². The minimum absolute atomic E-state index is 0.253. The molecule has 0 fully saturated rings. The lowest BCUT2D eigenvalue weighted by atomic mass is 10.1. The van der Waals surface area contributed by atoms with E-state index in [1.165, 1.54) is 5.56 Å². The van der Waals surface area contributed by atoms with Crippen molar-refractivity contribution in [2.75, 3.05) is 0 Å². The summed E-state index contributed by atoms with van der Waals surface area (Å²) in [7, 11) is 0. The summed E-state index contributed by atoms with van der Waals surface area (Å²) in [6.45, 7) is 2.10. The third-order valence-electron chi connectivity index (χ3n) is 2.12. The largest absolute Gasteiger partial charge is 0.245 e. The molecule has 0 N–H and O–H groups in total. The molecular weight excluding hydrogens is 162 g/mol. The van der Waals surface area contributed by atoms with Gasteiger partial charge >= 0.3 is 0 Å². The highest BCUT2D eigenvalue weighted by atomic mass is 15.4. The van der Waals surface area contributed by atoms with Gasteiger partial charge < -0.3 is 0 Å². The Morgan fingerprint density at radius 1 is 1.23 bits per heavy atom. The SMILES string of the molecule is C[C@@H](c1ccccc1)n1ccnn1. The fraction of sp³-hybridized carbons (Fsp3) is 0.200. The highest BCUT2D eigenvalue weighted by Crippen LogP contribution is 2.14. The van der Waals surface area contributed by atoms with Gasteiger partial charge in [-0.25, -0.2) is 4.68 Å². The first kappa shape index (κ1) is 7.98. The summed E-state index contributed by atoms with van der Waals surface area (Å²) in [6.07, 6.45) is 3.57. The van der Waals surface area contributed by atoms with Crippen LogP contribution in [-0.4, -0.2) is 15.0 Å². The van der Waals surface area contributed by atoms with Crippen LogP contribution >= 0.6 is 0 Å². The molecule has 3 nitrogen and oxygen atoms in total. The second-order valence-corrected chi connectivity index (χ2v) is 2.97. The Balaban J connectivity index is 2.29. The zero-order valence-corrected chi connectivity index (χ0v) is 7.46. The molecule has 0 radical (unpaired) electrons. The molecule has 1 aromatic heterocycles. The Morgan fingerprint density at radius 2 is 2.00 bits per heavy atom. The van der Waals surface area contributed by atoms with E-state index in [2.05, 4.69) is 29.4 Å². The zero-order valence-electron chi connectivity index (χ0n) is 7.46. The number of rotatable bonds is 2. The summed E-state index contributed by atoms with van der Waals surface area (Å²) >= 11 is 0. The van der Waals surface area contributed by atoms with Gasteiger partial charge in [0.25, 0.3) is 0 Å². The fourth-order valence-corrected chi connectivity index (χ4v) is 1.31. The quantitative estimate of drug-likeness (QED) is 0.694. The molecule has 0 saturated heterocycles. The molecule has 0 bridgehead atoms. The van der Waals surface area contributed by atoms with Gasteiger partial charge in [-0.15, -0.1) is 5.10 Å². The molecule has 66 valence electrons. The Labute approximate surface area is 77.0 Å². The molecule has 0 aliphatic rings. The number of hydrogen-bond donors (Lipinski definition) is 0. The van der Waals surface area contributed by atoms with Crippen molar-refractivity contribution in [2.45, 2.75) is 13.0 Å². The first-order chi connectivity index (χ1) is 6.38. The lowest BCUT2D eigenvalue weighted by molar-refractivity contribution is 0.543. The first-order valence-electron chi connectivity index (χ1n) is 4.28. The zero-order chi connectivity index (χ0) is 9.10. The molecule has 0 aliphatic carbocycles. The van der Waals surface area contributed by atoms with Crippen LogP contribution < -0.4 is 0 Å². The second-order valence-electron chi connectivity index (χ2n) is 2.97. The molecule has 13 heavy (non-hydrogen) atoms. The summed E-state index contributed by atoms with van der Waals surface area (Å²) < 4.78 is 1.84. The van der Waals surface area contributed by atoms with E-state index in [0.29, 0.717) is 0 Å². The van der Waals surface area contributed by atoms with Crippen molar-refractivity contribution in [1.82, 2.24) is 15.0 Å². The van der Waals surface area contributed by atoms with E-state index in [0.717, 1.165) is 0 Å². The van der Waals surface area contributed by atoms with Gasteiger partial charge in [0.15, 0.2) is 0 Å². The van der Waals surface area contributed by atoms with Gasteiger partial charge in [0.2, 0.25) is 0 Å². The lowest BCUT2D eigenvalue weighted by Gasteiger charge is -2.10. The normalized spacial score (nSPS) is 12.7. The molecule has 1 atom stereocenters. The number of benzene rings is 1. The van der Waals surface area contributed by atoms with Crippen LogP contribution in [0.5, 0.6) is 0 Å². The third-order valence-corrected chi connectivity index (χ3v) is 2.12. The van der Waals surface area contributed by atoms with Crippen LogP contribution in [0.4, 0.5) is 0 Å². The molecule has 2 aromatic rings. The highest BCUT2D eigenvalue weighted by Gasteiger charge is 2.06. The number of hydrogen-bond acceptors (Lipinski definition) is 2. The van der Waals surface area contributed by atoms with Crippen molar-refractivity contribution in [3.05, 3.63) is 48.3 Å². The van der Waals surface area contributed by atoms with E-state index in [-0.39, 0.29) is 6.04 Å². The molecule has 1 aromatic carbocycles. The van der Waals surface area contributed by atoms with Crippen LogP contribution in [0.25, 0.3) is 0 Å². The molecule has 0 saturated carbocycles. The van der Waals surface area contributed by atoms with Crippen molar-refractivity contribution >= 4 is 0 Å². The standard InChI is InChI=1S/C10H11N3/c1-9(13-8-7-11-12-13)10-5-3-2-4-6-10/h2-9H,1H3/t9-/m0/s1. The predicted molar refractivity (Wildman–Crippen MR) is 50.3 cm³/mol. The van der Waals surface area contributed by atoms with Gasteiger partial charge in [-0.05, 0) is 12.5 Å². The molecular formula is C10H11N3. The molecule has 1 heterocycles. The maximum Gasteiger partial charge on any atom is 0.0758 e. The number of nitrogens with zero attached hydrogens (tertiary/aromatic N) is 3. The van der Waals surface area contributed by atoms with Gasteiger partial charge in [0.1, 0.15) is 0 Å². The second kappa shape index (κ2) is 3.39. The fourth-order valence-electron chi connectivity index (χ4n) is 1.31. The average Bonchev–Trinajstić information content (AvgIpc) is 2.71. The molecule has 0 spiro atoms. The smallest absolute Gasteiger partial charge is 0.0758 e. The van der Waals surface area contributed by atoms with Crippen molar-refractivity contribution in [2.24, 2.45) is 0 Å². The molecule has 0 amide bonds. The average molecular weight is 173 g/mol. The van der Waals surface area contributed by atoms with Crippen LogP contribution in [0, 0.1) is 0 Å². The molecule has 0 unspecified atom stereocenters. The van der Waals surface area contributed by atoms with E-state index in [1.807, 2.05) is 29.1 Å². The van der Waals surface area contributed by atoms with Crippen molar-refractivity contribution in [3.63, 3.8) is 0 Å². The van der Waals surface area contributed by atoms with E-state index in [4.69, 9.17) is 0 Å². The van der Waals surface area contributed by atoms with Gasteiger partial charge in [-0.3, -0.25) is 0 Å². The Kier molecular flexibility index (Phi) is 2.08. The number of aromatic nitrogens is 3. The minimum Gasteiger partial charge on any atom is -0.245 e. The van der Waals surface area contributed by atoms with Gasteiger partial charge in [0, 0.05) is 6.20 Å². The minimum atomic E-state index is 0.253. The van der Waals surface area contributed by atoms with Crippen LogP contribution in [0.1, 0.15) is 18.5 Å². The van der Waals surface area contributed by atoms with Crippen molar-refractivity contribution in [3.8, 4) is 0 Å². The van der Waals surface area contributed by atoms with Crippen molar-refractivity contribution < 1.29 is 0 Å². The monoisotopic (exact) mass is 173 g/mol. The molecule has 3 heteroatoms. The van der Waals surface area contributed by atoms with E-state index < -0.39 is 0 Å². The van der Waals surface area contributed by atoms with Gasteiger partial charge in [-0.1, -0.05) is 35.5 Å². The van der Waals surface area contributed by atoms with Crippen molar-refractivity contribution in [1.29, 1.82) is 0 Å². The van der Waals surface area contributed by atoms with Crippen LogP contribution in [0.3, 0.4) is 0 Å². The predicted octanol–water partition coefficient (Wildman–Crippen LogP) is 1.89. The lowest BCUT2D eigenvalue weighted by Crippen LogP contribution is -2.07. The summed E-state index contributed by atoms with van der Waals surface area (Å²) in [6, 6.07) is 10.5. The van der Waals surface area contributed by atoms with Crippen LogP contribution in [0.15, 0.2) is 42.7 Å². The van der Waals surface area contributed by atoms with E-state index in [9.17, 15) is 0 Å². The maximum absolute atomic E-state index is 3.96. The summed E-state index contributed by atoms with van der Waals surface area (Å²) in [5.41, 5.74) is 1.24. The maximum atomic E-state index is 3.96. The topological polar surface area (TPSA) is 30.7 Å². The Bertz CT molecular complexity index is 353. The first-order valence-corrected chi connectivity index (χ1v) is 4.28. The van der Waals surface area contributed by atoms with E-state index >= 15 is 0 Å². The van der Waals surface area contributed by atoms with Crippen LogP contribution in [0.2, 0.25) is 0 Å². The summed E-state index contributed by atoms with van der Waals surface area (Å²) in [4.78, 5) is 0. The Hall–Kier alpha value is -1.64. The van der Waals surface area contributed by atoms with Gasteiger partial charge in [-0.2, -0.15) is 0 Å². The highest BCUT2D eigenvalue weighted by molar-refractivity contribution is 5.18. The summed E-state index contributed by atoms with van der Waals surface area (Å²) in [5.74, 6) is 0. The van der Waals surface area contributed by atoms with Crippen LogP contribution in [-0.2, 0) is 0 Å². The summed E-state index contributed by atoms with van der Waals surface area (Å²) in [5, 5.41) is 7.74. The molecule has 2 rings (SSSR count).